The number of benzene rings is 2. The molecule has 5 nitrogen and oxygen atoms in total. The lowest BCUT2D eigenvalue weighted by Gasteiger charge is -2.02. The molecule has 0 fully saturated rings. The van der Waals surface area contributed by atoms with Crippen molar-refractivity contribution in [1.82, 2.24) is 4.57 Å². The predicted octanol–water partition coefficient (Wildman–Crippen LogP) is 4.22. The monoisotopic (exact) mass is 376 g/mol. The first-order valence-electron chi connectivity index (χ1n) is 8.47. The highest BCUT2D eigenvalue weighted by molar-refractivity contribution is 7.16. The maximum Gasteiger partial charge on any atom is 0.315 e. The summed E-state index contributed by atoms with van der Waals surface area (Å²) in [6, 6.07) is 15.0. The van der Waals surface area contributed by atoms with Gasteiger partial charge in [-0.3, -0.25) is 4.79 Å². The zero-order chi connectivity index (χ0) is 18.8. The topological polar surface area (TPSA) is 56.7 Å². The summed E-state index contributed by atoms with van der Waals surface area (Å²) in [7, 11) is 0. The summed E-state index contributed by atoms with van der Waals surface area (Å²) in [5, 5.41) is 0.798. The smallest absolute Gasteiger partial charge is 0.315 e. The second-order valence-electron chi connectivity index (χ2n) is 5.78. The zero-order valence-corrected chi connectivity index (χ0v) is 15.5. The molecule has 0 unspecified atom stereocenters. The molecule has 6 heteroatoms. The number of terminal acetylenes is 1. The van der Waals surface area contributed by atoms with Gasteiger partial charge in [0.2, 0.25) is 0 Å². The number of fused-ring (bicyclic) bond motifs is 2. The fourth-order valence-electron chi connectivity index (χ4n) is 2.90. The summed E-state index contributed by atoms with van der Waals surface area (Å²) in [4.78, 5) is 17.5. The van der Waals surface area contributed by atoms with E-state index in [4.69, 9.17) is 15.6 Å². The van der Waals surface area contributed by atoms with Gasteiger partial charge in [0.25, 0.3) is 0 Å². The number of aromatic nitrogens is 1. The van der Waals surface area contributed by atoms with Crippen LogP contribution in [0.5, 0.6) is 5.75 Å². The Morgan fingerprint density at radius 1 is 1.30 bits per heavy atom. The van der Waals surface area contributed by atoms with Crippen LogP contribution in [0, 0.1) is 12.3 Å². The van der Waals surface area contributed by atoms with E-state index < -0.39 is 5.91 Å². The molecule has 0 aliphatic carbocycles. The second-order valence-corrected chi connectivity index (χ2v) is 6.79. The number of para-hydroxylation sites is 2. The zero-order valence-electron chi connectivity index (χ0n) is 14.6. The molecule has 0 saturated heterocycles. The van der Waals surface area contributed by atoms with Gasteiger partial charge >= 0.3 is 5.91 Å². The Morgan fingerprint density at radius 3 is 2.96 bits per heavy atom. The Hall–Kier alpha value is -3.30. The summed E-state index contributed by atoms with van der Waals surface area (Å²) < 4.78 is 14.2. The minimum Gasteiger partial charge on any atom is -0.490 e. The van der Waals surface area contributed by atoms with Gasteiger partial charge in [0, 0.05) is 5.39 Å². The number of nitrogens with zero attached hydrogens (tertiary/aromatic N) is 2. The summed E-state index contributed by atoms with van der Waals surface area (Å²) in [6.45, 7) is 2.75. The molecular formula is C21H16N2O3S. The molecule has 27 heavy (non-hydrogen) atoms. The first kappa shape index (κ1) is 17.1. The van der Waals surface area contributed by atoms with Crippen molar-refractivity contribution in [3.63, 3.8) is 0 Å². The van der Waals surface area contributed by atoms with E-state index in [9.17, 15) is 4.79 Å². The van der Waals surface area contributed by atoms with Gasteiger partial charge < -0.3 is 13.7 Å². The van der Waals surface area contributed by atoms with E-state index >= 15 is 0 Å². The minimum absolute atomic E-state index is 0.168. The van der Waals surface area contributed by atoms with E-state index in [-0.39, 0.29) is 5.76 Å². The van der Waals surface area contributed by atoms with Crippen LogP contribution in [0.1, 0.15) is 17.5 Å². The van der Waals surface area contributed by atoms with Crippen LogP contribution in [0.4, 0.5) is 0 Å². The summed E-state index contributed by atoms with van der Waals surface area (Å²) in [6.07, 6.45) is 5.49. The van der Waals surface area contributed by atoms with Gasteiger partial charge in [-0.05, 0) is 31.2 Å². The maximum atomic E-state index is 12.7. The number of carbonyl (C=O) groups excluding carboxylic acids is 1. The third kappa shape index (κ3) is 3.14. The highest BCUT2D eigenvalue weighted by Gasteiger charge is 2.15. The standard InChI is InChI=1S/C21H16N2O3S/c1-3-12-23-15-9-5-6-11-18(15)27-21(23)22-20(24)17-13-14-8-7-10-16(25-4-2)19(14)26-17/h1,5-11,13H,4,12H2,2H3. The van der Waals surface area contributed by atoms with E-state index in [2.05, 4.69) is 10.9 Å². The van der Waals surface area contributed by atoms with Crippen LogP contribution in [-0.4, -0.2) is 17.1 Å². The van der Waals surface area contributed by atoms with Crippen molar-refractivity contribution in [3.05, 3.63) is 59.1 Å². The second kappa shape index (κ2) is 7.14. The highest BCUT2D eigenvalue weighted by atomic mass is 32.1. The third-order valence-corrected chi connectivity index (χ3v) is 5.11. The Labute approximate surface area is 159 Å². The molecule has 0 atom stereocenters. The van der Waals surface area contributed by atoms with E-state index in [0.29, 0.717) is 29.3 Å². The number of ether oxygens (including phenoxy) is 1. The van der Waals surface area contributed by atoms with E-state index in [1.165, 1.54) is 11.3 Å². The van der Waals surface area contributed by atoms with Crippen LogP contribution in [0.3, 0.4) is 0 Å². The predicted molar refractivity (Wildman–Crippen MR) is 106 cm³/mol. The van der Waals surface area contributed by atoms with Crippen molar-refractivity contribution < 1.29 is 13.9 Å². The molecule has 4 rings (SSSR count). The molecule has 134 valence electrons. The van der Waals surface area contributed by atoms with Crippen molar-refractivity contribution >= 4 is 38.4 Å². The van der Waals surface area contributed by atoms with Crippen molar-refractivity contribution in [2.24, 2.45) is 4.99 Å². The van der Waals surface area contributed by atoms with E-state index in [1.807, 2.05) is 54.0 Å². The number of thiazole rings is 1. The van der Waals surface area contributed by atoms with E-state index in [0.717, 1.165) is 15.6 Å². The lowest BCUT2D eigenvalue weighted by atomic mass is 10.2. The van der Waals surface area contributed by atoms with Gasteiger partial charge in [0.15, 0.2) is 21.9 Å². The highest BCUT2D eigenvalue weighted by Crippen LogP contribution is 2.29. The van der Waals surface area contributed by atoms with Crippen molar-refractivity contribution in [1.29, 1.82) is 0 Å². The first-order chi connectivity index (χ1) is 13.2. The summed E-state index contributed by atoms with van der Waals surface area (Å²) in [5.74, 6) is 2.94. The molecule has 4 aromatic rings. The number of hydrogen-bond donors (Lipinski definition) is 0. The van der Waals surface area contributed by atoms with Crippen molar-refractivity contribution in [2.75, 3.05) is 6.61 Å². The molecule has 2 aromatic heterocycles. The van der Waals surface area contributed by atoms with Gasteiger partial charge in [-0.1, -0.05) is 41.5 Å². The van der Waals surface area contributed by atoms with Gasteiger partial charge in [0.05, 0.1) is 23.4 Å². The van der Waals surface area contributed by atoms with Crippen molar-refractivity contribution in [3.8, 4) is 18.1 Å². The quantitative estimate of drug-likeness (QED) is 0.501. The van der Waals surface area contributed by atoms with Gasteiger partial charge in [0.1, 0.15) is 0 Å². The molecule has 2 heterocycles. The Morgan fingerprint density at radius 2 is 2.15 bits per heavy atom. The van der Waals surface area contributed by atoms with Crippen LogP contribution >= 0.6 is 11.3 Å². The van der Waals surface area contributed by atoms with Gasteiger partial charge in [-0.2, -0.15) is 4.99 Å². The van der Waals surface area contributed by atoms with Crippen LogP contribution < -0.4 is 9.54 Å². The minimum atomic E-state index is -0.453. The Bertz CT molecular complexity index is 1250. The van der Waals surface area contributed by atoms with E-state index in [1.54, 1.807) is 6.07 Å². The molecule has 0 N–H and O–H groups in total. The molecular weight excluding hydrogens is 360 g/mol. The molecule has 0 spiro atoms. The SMILES string of the molecule is C#CCn1c(=NC(=O)c2cc3cccc(OCC)c3o2)sc2ccccc21. The molecule has 0 bridgehead atoms. The fourth-order valence-corrected chi connectivity index (χ4v) is 3.93. The average molecular weight is 376 g/mol. The molecule has 1 amide bonds. The van der Waals surface area contributed by atoms with Crippen LogP contribution in [0.2, 0.25) is 0 Å². The lowest BCUT2D eigenvalue weighted by Crippen LogP contribution is -2.16. The Kier molecular flexibility index (Phi) is 4.53. The summed E-state index contributed by atoms with van der Waals surface area (Å²) >= 11 is 1.42. The maximum absolute atomic E-state index is 12.7. The van der Waals surface area contributed by atoms with Crippen LogP contribution in [0.25, 0.3) is 21.2 Å². The third-order valence-electron chi connectivity index (χ3n) is 4.05. The fraction of sp³-hybridized carbons (Fsp3) is 0.143. The van der Waals surface area contributed by atoms with Gasteiger partial charge in [-0.15, -0.1) is 6.42 Å². The largest absolute Gasteiger partial charge is 0.490 e. The molecule has 0 aliphatic rings. The van der Waals surface area contributed by atoms with Gasteiger partial charge in [-0.25, -0.2) is 0 Å². The molecule has 0 aliphatic heterocycles. The first-order valence-corrected chi connectivity index (χ1v) is 9.29. The molecule has 0 radical (unpaired) electrons. The number of hydrogen-bond acceptors (Lipinski definition) is 4. The summed E-state index contributed by atoms with van der Waals surface area (Å²) in [5.41, 5.74) is 1.50. The number of furan rings is 1. The number of amides is 1. The Balaban J connectivity index is 1.81. The van der Waals surface area contributed by atoms with Crippen LogP contribution in [0.15, 0.2) is 57.9 Å². The van der Waals surface area contributed by atoms with Crippen LogP contribution in [-0.2, 0) is 6.54 Å². The van der Waals surface area contributed by atoms with Crippen molar-refractivity contribution in [2.45, 2.75) is 13.5 Å². The number of carbonyl (C=O) groups is 1. The molecule has 2 aromatic carbocycles. The molecule has 0 saturated carbocycles. The normalized spacial score (nSPS) is 11.8. The number of rotatable bonds is 4. The lowest BCUT2D eigenvalue weighted by molar-refractivity contribution is 0.0973. The average Bonchev–Trinajstić information content (AvgIpc) is 3.25.